The number of hydrogen-bond acceptors (Lipinski definition) is 3. The minimum Gasteiger partial charge on any atom is -0.317 e. The molecule has 0 aromatic carbocycles. The minimum atomic E-state index is -2.81. The summed E-state index contributed by atoms with van der Waals surface area (Å²) in [5, 5.41) is 3.25. The largest absolute Gasteiger partial charge is 0.317 e. The van der Waals surface area contributed by atoms with Gasteiger partial charge < -0.3 is 5.32 Å². The first-order chi connectivity index (χ1) is 6.49. The smallest absolute Gasteiger partial charge is 0.150 e. The predicted molar refractivity (Wildman–Crippen MR) is 59.1 cm³/mol. The first-order valence-corrected chi connectivity index (χ1v) is 7.23. The molecule has 4 heteroatoms. The summed E-state index contributed by atoms with van der Waals surface area (Å²) in [6.45, 7) is 5.86. The Morgan fingerprint density at radius 1 is 1.29 bits per heavy atom. The fraction of sp³-hybridized carbons (Fsp3) is 1.00. The summed E-state index contributed by atoms with van der Waals surface area (Å²) in [6, 6.07) is 0. The molecule has 0 aliphatic carbocycles. The van der Waals surface area contributed by atoms with Gasteiger partial charge in [-0.15, -0.1) is 0 Å². The van der Waals surface area contributed by atoms with Crippen molar-refractivity contribution in [3.8, 4) is 0 Å². The van der Waals surface area contributed by atoms with Gasteiger partial charge in [-0.05, 0) is 37.8 Å². The van der Waals surface area contributed by atoms with E-state index >= 15 is 0 Å². The van der Waals surface area contributed by atoms with Gasteiger partial charge in [0.1, 0.15) is 0 Å². The summed E-state index contributed by atoms with van der Waals surface area (Å²) in [4.78, 5) is 0. The standard InChI is InChI=1S/C10H21NO2S/c1-9(2)7-14(12,13)8-10-3-5-11-6-4-10/h9-11H,3-8H2,1-2H3. The Hall–Kier alpha value is -0.0900. The third kappa shape index (κ3) is 4.42. The van der Waals surface area contributed by atoms with Gasteiger partial charge in [-0.2, -0.15) is 0 Å². The van der Waals surface area contributed by atoms with Crippen LogP contribution in [-0.4, -0.2) is 33.0 Å². The quantitative estimate of drug-likeness (QED) is 0.769. The van der Waals surface area contributed by atoms with Crippen LogP contribution in [0.15, 0.2) is 0 Å². The molecule has 0 aromatic rings. The molecule has 0 unspecified atom stereocenters. The third-order valence-electron chi connectivity index (χ3n) is 2.54. The molecule has 0 bridgehead atoms. The lowest BCUT2D eigenvalue weighted by Crippen LogP contribution is -2.32. The Labute approximate surface area is 87.2 Å². The Bertz CT molecular complexity index is 253. The third-order valence-corrected chi connectivity index (χ3v) is 4.69. The van der Waals surface area contributed by atoms with Crippen molar-refractivity contribution >= 4 is 9.84 Å². The summed E-state index contributed by atoms with van der Waals surface area (Å²) in [7, 11) is -2.81. The van der Waals surface area contributed by atoms with Gasteiger partial charge in [-0.25, -0.2) is 8.42 Å². The zero-order valence-corrected chi connectivity index (χ0v) is 9.94. The molecular weight excluding hydrogens is 198 g/mol. The van der Waals surface area contributed by atoms with E-state index in [0.717, 1.165) is 25.9 Å². The molecular formula is C10H21NO2S. The normalized spacial score (nSPS) is 20.2. The maximum absolute atomic E-state index is 11.7. The summed E-state index contributed by atoms with van der Waals surface area (Å²) in [6.07, 6.45) is 2.02. The fourth-order valence-electron chi connectivity index (χ4n) is 1.98. The maximum atomic E-state index is 11.7. The molecule has 3 nitrogen and oxygen atoms in total. The number of rotatable bonds is 4. The second-order valence-electron chi connectivity index (χ2n) is 4.66. The van der Waals surface area contributed by atoms with Crippen LogP contribution in [0.4, 0.5) is 0 Å². The SMILES string of the molecule is CC(C)CS(=O)(=O)CC1CCNCC1. The lowest BCUT2D eigenvalue weighted by molar-refractivity contribution is 0.401. The Kier molecular flexibility index (Phi) is 4.38. The zero-order chi connectivity index (χ0) is 10.6. The van der Waals surface area contributed by atoms with Crippen molar-refractivity contribution in [2.24, 2.45) is 11.8 Å². The van der Waals surface area contributed by atoms with E-state index in [1.54, 1.807) is 0 Å². The predicted octanol–water partition coefficient (Wildman–Crippen LogP) is 1.06. The summed E-state index contributed by atoms with van der Waals surface area (Å²) in [5.74, 6) is 1.38. The Morgan fingerprint density at radius 2 is 1.86 bits per heavy atom. The van der Waals surface area contributed by atoms with Gasteiger partial charge >= 0.3 is 0 Å². The van der Waals surface area contributed by atoms with Crippen LogP contribution < -0.4 is 5.32 Å². The molecule has 1 rings (SSSR count). The molecule has 1 aliphatic heterocycles. The molecule has 0 aromatic heterocycles. The highest BCUT2D eigenvalue weighted by Crippen LogP contribution is 2.15. The topological polar surface area (TPSA) is 46.2 Å². The van der Waals surface area contributed by atoms with Gasteiger partial charge in [0.25, 0.3) is 0 Å². The molecule has 1 saturated heterocycles. The van der Waals surface area contributed by atoms with Gasteiger partial charge in [0.15, 0.2) is 9.84 Å². The molecule has 1 fully saturated rings. The van der Waals surface area contributed by atoms with E-state index in [1.165, 1.54) is 0 Å². The van der Waals surface area contributed by atoms with Crippen LogP contribution in [0.3, 0.4) is 0 Å². The van der Waals surface area contributed by atoms with E-state index in [4.69, 9.17) is 0 Å². The molecule has 0 atom stereocenters. The monoisotopic (exact) mass is 219 g/mol. The summed E-state index contributed by atoms with van der Waals surface area (Å²) in [5.41, 5.74) is 0. The highest BCUT2D eigenvalue weighted by molar-refractivity contribution is 7.91. The molecule has 0 spiro atoms. The zero-order valence-electron chi connectivity index (χ0n) is 9.12. The number of hydrogen-bond donors (Lipinski definition) is 1. The van der Waals surface area contributed by atoms with Crippen LogP contribution in [0, 0.1) is 11.8 Å². The highest BCUT2D eigenvalue weighted by atomic mass is 32.2. The fourth-order valence-corrected chi connectivity index (χ4v) is 4.19. The highest BCUT2D eigenvalue weighted by Gasteiger charge is 2.21. The van der Waals surface area contributed by atoms with Crippen LogP contribution in [0.2, 0.25) is 0 Å². The van der Waals surface area contributed by atoms with Crippen LogP contribution in [-0.2, 0) is 9.84 Å². The Morgan fingerprint density at radius 3 is 2.36 bits per heavy atom. The maximum Gasteiger partial charge on any atom is 0.150 e. The first kappa shape index (κ1) is 12.0. The van der Waals surface area contributed by atoms with Crippen molar-refractivity contribution in [1.82, 2.24) is 5.32 Å². The molecule has 1 aliphatic rings. The summed E-state index contributed by atoms with van der Waals surface area (Å²) < 4.78 is 23.4. The molecule has 1 heterocycles. The van der Waals surface area contributed by atoms with Gasteiger partial charge in [-0.3, -0.25) is 0 Å². The number of sulfone groups is 1. The lowest BCUT2D eigenvalue weighted by Gasteiger charge is -2.22. The van der Waals surface area contributed by atoms with Gasteiger partial charge in [0, 0.05) is 0 Å². The average molecular weight is 219 g/mol. The molecule has 1 N–H and O–H groups in total. The van der Waals surface area contributed by atoms with E-state index in [-0.39, 0.29) is 5.92 Å². The van der Waals surface area contributed by atoms with Crippen LogP contribution in [0.5, 0.6) is 0 Å². The van der Waals surface area contributed by atoms with Crippen molar-refractivity contribution in [2.45, 2.75) is 26.7 Å². The lowest BCUT2D eigenvalue weighted by atomic mass is 10.0. The molecule has 0 radical (unpaired) electrons. The second kappa shape index (κ2) is 5.12. The van der Waals surface area contributed by atoms with Crippen LogP contribution >= 0.6 is 0 Å². The summed E-state index contributed by atoms with van der Waals surface area (Å²) >= 11 is 0. The van der Waals surface area contributed by atoms with Gasteiger partial charge in [-0.1, -0.05) is 13.8 Å². The average Bonchev–Trinajstić information content (AvgIpc) is 2.02. The number of nitrogens with one attached hydrogen (secondary N) is 1. The van der Waals surface area contributed by atoms with Crippen molar-refractivity contribution < 1.29 is 8.42 Å². The van der Waals surface area contributed by atoms with Crippen molar-refractivity contribution in [2.75, 3.05) is 24.6 Å². The van der Waals surface area contributed by atoms with Crippen molar-refractivity contribution in [1.29, 1.82) is 0 Å². The molecule has 84 valence electrons. The van der Waals surface area contributed by atoms with Crippen molar-refractivity contribution in [3.05, 3.63) is 0 Å². The van der Waals surface area contributed by atoms with Gasteiger partial charge in [0.2, 0.25) is 0 Å². The van der Waals surface area contributed by atoms with Crippen LogP contribution in [0.25, 0.3) is 0 Å². The minimum absolute atomic E-state index is 0.252. The Balaban J connectivity index is 2.41. The molecule has 14 heavy (non-hydrogen) atoms. The van der Waals surface area contributed by atoms with Crippen molar-refractivity contribution in [3.63, 3.8) is 0 Å². The molecule has 0 amide bonds. The van der Waals surface area contributed by atoms with Crippen LogP contribution in [0.1, 0.15) is 26.7 Å². The van der Waals surface area contributed by atoms with Gasteiger partial charge in [0.05, 0.1) is 11.5 Å². The first-order valence-electron chi connectivity index (χ1n) is 5.41. The second-order valence-corrected chi connectivity index (χ2v) is 6.82. The number of piperidine rings is 1. The van der Waals surface area contributed by atoms with E-state index in [9.17, 15) is 8.42 Å². The van der Waals surface area contributed by atoms with E-state index in [1.807, 2.05) is 13.8 Å². The molecule has 0 saturated carbocycles. The van der Waals surface area contributed by atoms with E-state index in [0.29, 0.717) is 17.4 Å². The van der Waals surface area contributed by atoms with E-state index < -0.39 is 9.84 Å². The van der Waals surface area contributed by atoms with E-state index in [2.05, 4.69) is 5.32 Å².